The lowest BCUT2D eigenvalue weighted by molar-refractivity contribution is 0.0638. The highest BCUT2D eigenvalue weighted by atomic mass is 127. The molecule has 0 atom stereocenters. The van der Waals surface area contributed by atoms with Crippen LogP contribution in [0.3, 0.4) is 0 Å². The molecule has 0 spiro atoms. The first-order valence-corrected chi connectivity index (χ1v) is 7.03. The van der Waals surface area contributed by atoms with Gasteiger partial charge >= 0.3 is 0 Å². The van der Waals surface area contributed by atoms with Crippen LogP contribution in [0.15, 0.2) is 18.2 Å². The van der Waals surface area contributed by atoms with Gasteiger partial charge in [0.25, 0.3) is 11.8 Å². The molecule has 0 bridgehead atoms. The van der Waals surface area contributed by atoms with Crippen molar-refractivity contribution in [2.24, 2.45) is 5.41 Å². The molecule has 2 amide bonds. The molecule has 4 heteroatoms. The molecule has 0 radical (unpaired) electrons. The summed E-state index contributed by atoms with van der Waals surface area (Å²) in [5.41, 5.74) is 1.19. The van der Waals surface area contributed by atoms with Crippen molar-refractivity contribution in [1.29, 1.82) is 0 Å². The molecule has 18 heavy (non-hydrogen) atoms. The predicted octanol–water partition coefficient (Wildman–Crippen LogP) is 3.32. The average molecular weight is 357 g/mol. The van der Waals surface area contributed by atoms with Crippen molar-refractivity contribution in [3.05, 3.63) is 32.9 Å². The lowest BCUT2D eigenvalue weighted by Crippen LogP contribution is -2.32. The number of carbonyl (C=O) groups is 2. The van der Waals surface area contributed by atoms with E-state index in [1.807, 2.05) is 6.07 Å². The van der Waals surface area contributed by atoms with E-state index in [4.69, 9.17) is 0 Å². The van der Waals surface area contributed by atoms with E-state index < -0.39 is 0 Å². The number of fused-ring (bicyclic) bond motifs is 1. The van der Waals surface area contributed by atoms with Gasteiger partial charge in [-0.15, -0.1) is 0 Å². The summed E-state index contributed by atoms with van der Waals surface area (Å²) < 4.78 is 0.977. The topological polar surface area (TPSA) is 37.4 Å². The van der Waals surface area contributed by atoms with Gasteiger partial charge in [0.05, 0.1) is 11.1 Å². The highest BCUT2D eigenvalue weighted by Gasteiger charge is 2.35. The number of imide groups is 1. The maximum Gasteiger partial charge on any atom is 0.261 e. The van der Waals surface area contributed by atoms with Gasteiger partial charge in [-0.05, 0) is 52.6 Å². The largest absolute Gasteiger partial charge is 0.274 e. The van der Waals surface area contributed by atoms with Crippen LogP contribution >= 0.6 is 22.6 Å². The number of carbonyl (C=O) groups excluding carboxylic acids is 2. The summed E-state index contributed by atoms with van der Waals surface area (Å²) in [6, 6.07) is 5.39. The van der Waals surface area contributed by atoms with Gasteiger partial charge in [0, 0.05) is 10.1 Å². The molecule has 1 aromatic carbocycles. The van der Waals surface area contributed by atoms with Crippen molar-refractivity contribution >= 4 is 34.4 Å². The summed E-state index contributed by atoms with van der Waals surface area (Å²) in [4.78, 5) is 25.7. The minimum Gasteiger partial charge on any atom is -0.274 e. The van der Waals surface area contributed by atoms with E-state index in [-0.39, 0.29) is 17.2 Å². The quantitative estimate of drug-likeness (QED) is 0.602. The second-order valence-electron chi connectivity index (χ2n) is 5.76. The SMILES string of the molecule is CC(C)(C)CCN1C(=O)c2ccc(I)cc2C1=O. The Hall–Kier alpha value is -0.910. The number of hydrogen-bond acceptors (Lipinski definition) is 2. The second-order valence-corrected chi connectivity index (χ2v) is 7.01. The molecule has 0 saturated heterocycles. The first-order chi connectivity index (χ1) is 8.29. The van der Waals surface area contributed by atoms with Gasteiger partial charge in [0.15, 0.2) is 0 Å². The van der Waals surface area contributed by atoms with Gasteiger partial charge in [-0.25, -0.2) is 0 Å². The fourth-order valence-corrected chi connectivity index (χ4v) is 2.40. The van der Waals surface area contributed by atoms with Crippen LogP contribution in [-0.4, -0.2) is 23.3 Å². The molecule has 2 rings (SSSR count). The van der Waals surface area contributed by atoms with Gasteiger partial charge in [0.1, 0.15) is 0 Å². The molecular weight excluding hydrogens is 341 g/mol. The molecule has 0 aliphatic carbocycles. The van der Waals surface area contributed by atoms with Crippen molar-refractivity contribution in [3.8, 4) is 0 Å². The number of benzene rings is 1. The van der Waals surface area contributed by atoms with Gasteiger partial charge in [-0.1, -0.05) is 20.8 Å². The lowest BCUT2D eigenvalue weighted by Gasteiger charge is -2.21. The third kappa shape index (κ3) is 2.58. The Bertz CT molecular complexity index is 517. The van der Waals surface area contributed by atoms with E-state index in [1.54, 1.807) is 12.1 Å². The number of nitrogens with zero attached hydrogens (tertiary/aromatic N) is 1. The average Bonchev–Trinajstić information content (AvgIpc) is 2.48. The number of rotatable bonds is 2. The van der Waals surface area contributed by atoms with Crippen LogP contribution in [0.4, 0.5) is 0 Å². The summed E-state index contributed by atoms with van der Waals surface area (Å²) in [6.45, 7) is 6.81. The lowest BCUT2D eigenvalue weighted by atomic mass is 9.92. The molecule has 0 saturated carbocycles. The number of halogens is 1. The maximum absolute atomic E-state index is 12.2. The predicted molar refractivity (Wildman–Crippen MR) is 78.6 cm³/mol. The Morgan fingerprint density at radius 2 is 1.72 bits per heavy atom. The van der Waals surface area contributed by atoms with Crippen LogP contribution in [0.5, 0.6) is 0 Å². The normalized spacial score (nSPS) is 15.2. The van der Waals surface area contributed by atoms with E-state index in [1.165, 1.54) is 4.90 Å². The summed E-state index contributed by atoms with van der Waals surface area (Å²) in [5, 5.41) is 0. The highest BCUT2D eigenvalue weighted by molar-refractivity contribution is 14.1. The molecule has 96 valence electrons. The van der Waals surface area contributed by atoms with Crippen molar-refractivity contribution in [1.82, 2.24) is 4.90 Å². The Kier molecular flexibility index (Phi) is 3.49. The van der Waals surface area contributed by atoms with Gasteiger partial charge in [0.2, 0.25) is 0 Å². The Labute approximate surface area is 121 Å². The van der Waals surface area contributed by atoms with E-state index in [0.717, 1.165) is 9.99 Å². The maximum atomic E-state index is 12.2. The first-order valence-electron chi connectivity index (χ1n) is 5.95. The van der Waals surface area contributed by atoms with Gasteiger partial charge in [-0.3, -0.25) is 14.5 Å². The van der Waals surface area contributed by atoms with E-state index in [0.29, 0.717) is 17.7 Å². The Morgan fingerprint density at radius 1 is 1.11 bits per heavy atom. The summed E-state index contributed by atoms with van der Waals surface area (Å²) >= 11 is 2.15. The first kappa shape index (κ1) is 13.5. The monoisotopic (exact) mass is 357 g/mol. The minimum atomic E-state index is -0.157. The van der Waals surface area contributed by atoms with Crippen molar-refractivity contribution < 1.29 is 9.59 Å². The zero-order chi connectivity index (χ0) is 13.5. The van der Waals surface area contributed by atoms with E-state index in [2.05, 4.69) is 43.4 Å². The summed E-state index contributed by atoms with van der Waals surface area (Å²) in [5.74, 6) is -0.312. The molecule has 3 nitrogen and oxygen atoms in total. The van der Waals surface area contributed by atoms with Crippen LogP contribution < -0.4 is 0 Å². The highest BCUT2D eigenvalue weighted by Crippen LogP contribution is 2.27. The third-order valence-electron chi connectivity index (χ3n) is 3.02. The van der Waals surface area contributed by atoms with Crippen LogP contribution in [0.25, 0.3) is 0 Å². The Balaban J connectivity index is 2.23. The number of amides is 2. The molecule has 0 N–H and O–H groups in total. The Morgan fingerprint density at radius 3 is 2.33 bits per heavy atom. The molecule has 0 fully saturated rings. The minimum absolute atomic E-state index is 0.115. The van der Waals surface area contributed by atoms with Crippen LogP contribution in [0.1, 0.15) is 47.9 Å². The zero-order valence-corrected chi connectivity index (χ0v) is 12.9. The van der Waals surface area contributed by atoms with Crippen molar-refractivity contribution in [2.75, 3.05) is 6.54 Å². The van der Waals surface area contributed by atoms with Crippen molar-refractivity contribution in [3.63, 3.8) is 0 Å². The molecule has 1 aliphatic heterocycles. The molecule has 1 heterocycles. The van der Waals surface area contributed by atoms with Crippen LogP contribution in [-0.2, 0) is 0 Å². The summed E-state index contributed by atoms with van der Waals surface area (Å²) in [7, 11) is 0. The molecular formula is C14H16INO2. The fraction of sp³-hybridized carbons (Fsp3) is 0.429. The molecule has 0 aromatic heterocycles. The van der Waals surface area contributed by atoms with Gasteiger partial charge in [-0.2, -0.15) is 0 Å². The fourth-order valence-electron chi connectivity index (χ4n) is 1.91. The molecule has 1 aromatic rings. The van der Waals surface area contributed by atoms with E-state index >= 15 is 0 Å². The van der Waals surface area contributed by atoms with Crippen molar-refractivity contribution in [2.45, 2.75) is 27.2 Å². The smallest absolute Gasteiger partial charge is 0.261 e. The third-order valence-corrected chi connectivity index (χ3v) is 3.69. The molecule has 1 aliphatic rings. The second kappa shape index (κ2) is 4.64. The van der Waals surface area contributed by atoms with E-state index in [9.17, 15) is 9.59 Å². The summed E-state index contributed by atoms with van der Waals surface area (Å²) in [6.07, 6.45) is 0.815. The van der Waals surface area contributed by atoms with Crippen LogP contribution in [0, 0.1) is 8.99 Å². The zero-order valence-electron chi connectivity index (χ0n) is 10.8. The standard InChI is InChI=1S/C14H16INO2/c1-14(2,3)6-7-16-12(17)10-5-4-9(15)8-11(10)13(16)18/h4-5,8H,6-7H2,1-3H3. The van der Waals surface area contributed by atoms with Crippen LogP contribution in [0.2, 0.25) is 0 Å². The molecule has 0 unspecified atom stereocenters. The van der Waals surface area contributed by atoms with Gasteiger partial charge < -0.3 is 0 Å². The number of hydrogen-bond donors (Lipinski definition) is 0.